The number of fused-ring (bicyclic) bond motifs is 1. The minimum atomic E-state index is -0.741. The standard InChI is InChI=1S/C24H20F2N10O/c1-35-23(32-13-33-35)12-37-17-9-20-24(31-10-17)19(4-5-29-20)30-11-22(28)36-21(27)3-2-18(34-36)14-6-15(25)8-16(26)7-14/h2-10,13,27-28H,11-12H2,1H3,(H,29,30). The number of pyridine rings is 2. The molecule has 13 heteroatoms. The zero-order valence-electron chi connectivity index (χ0n) is 19.5. The van der Waals surface area contributed by atoms with Crippen LogP contribution in [0, 0.1) is 22.5 Å². The van der Waals surface area contributed by atoms with Gasteiger partial charge in [-0.2, -0.15) is 14.9 Å². The number of aromatic nitrogens is 7. The minimum Gasteiger partial charge on any atom is -0.484 e. The first-order valence-corrected chi connectivity index (χ1v) is 11.0. The van der Waals surface area contributed by atoms with Crippen molar-refractivity contribution >= 4 is 22.6 Å². The summed E-state index contributed by atoms with van der Waals surface area (Å²) >= 11 is 0. The zero-order chi connectivity index (χ0) is 25.9. The summed E-state index contributed by atoms with van der Waals surface area (Å²) in [4.78, 5) is 12.9. The van der Waals surface area contributed by atoms with Crippen molar-refractivity contribution in [2.45, 2.75) is 6.61 Å². The number of nitrogens with one attached hydrogen (secondary N) is 3. The number of benzene rings is 1. The lowest BCUT2D eigenvalue weighted by Gasteiger charge is -2.13. The molecule has 3 N–H and O–H groups in total. The van der Waals surface area contributed by atoms with Crippen molar-refractivity contribution in [3.8, 4) is 17.0 Å². The average Bonchev–Trinajstić information content (AvgIpc) is 3.30. The van der Waals surface area contributed by atoms with Crippen molar-refractivity contribution in [3.63, 3.8) is 0 Å². The Kier molecular flexibility index (Phi) is 6.32. The predicted molar refractivity (Wildman–Crippen MR) is 130 cm³/mol. The van der Waals surface area contributed by atoms with Gasteiger partial charge in [-0.3, -0.25) is 20.5 Å². The van der Waals surface area contributed by atoms with Crippen molar-refractivity contribution in [3.05, 3.63) is 84.1 Å². The fourth-order valence-electron chi connectivity index (χ4n) is 3.57. The van der Waals surface area contributed by atoms with E-state index >= 15 is 0 Å². The van der Waals surface area contributed by atoms with Gasteiger partial charge in [0.05, 0.1) is 29.6 Å². The third-order valence-electron chi connectivity index (χ3n) is 5.42. The number of hydrogen-bond donors (Lipinski definition) is 3. The lowest BCUT2D eigenvalue weighted by atomic mass is 10.1. The van der Waals surface area contributed by atoms with Crippen LogP contribution >= 0.6 is 0 Å². The maximum absolute atomic E-state index is 13.6. The molecule has 0 atom stereocenters. The largest absolute Gasteiger partial charge is 0.484 e. The van der Waals surface area contributed by atoms with Gasteiger partial charge >= 0.3 is 0 Å². The molecule has 11 nitrogen and oxygen atoms in total. The van der Waals surface area contributed by atoms with Crippen LogP contribution in [0.5, 0.6) is 5.75 Å². The second-order valence-electron chi connectivity index (χ2n) is 7.96. The van der Waals surface area contributed by atoms with Gasteiger partial charge < -0.3 is 10.1 Å². The molecular weight excluding hydrogens is 482 g/mol. The minimum absolute atomic E-state index is 0.00425. The third kappa shape index (κ3) is 5.15. The van der Waals surface area contributed by atoms with Crippen LogP contribution in [0.15, 0.2) is 61.2 Å². The topological polar surface area (TPSA) is 143 Å². The molecule has 0 aliphatic rings. The molecule has 0 bridgehead atoms. The molecule has 1 aromatic carbocycles. The van der Waals surface area contributed by atoms with Crippen molar-refractivity contribution in [1.29, 1.82) is 10.8 Å². The van der Waals surface area contributed by atoms with Crippen molar-refractivity contribution < 1.29 is 13.5 Å². The molecule has 0 aliphatic carbocycles. The van der Waals surface area contributed by atoms with E-state index in [2.05, 4.69) is 30.5 Å². The van der Waals surface area contributed by atoms with Crippen LogP contribution < -0.4 is 15.5 Å². The van der Waals surface area contributed by atoms with Gasteiger partial charge in [0, 0.05) is 30.9 Å². The SMILES string of the molecule is Cn1ncnc1COc1cnc2c(NCC(=N)n3nc(-c4cc(F)cc(F)c4)ccc3=N)ccnc2c1. The van der Waals surface area contributed by atoms with Crippen molar-refractivity contribution in [2.24, 2.45) is 7.05 Å². The number of aryl methyl sites for hydroxylation is 1. The van der Waals surface area contributed by atoms with Gasteiger partial charge in [0.25, 0.3) is 0 Å². The summed E-state index contributed by atoms with van der Waals surface area (Å²) in [6.45, 7) is 0.218. The first kappa shape index (κ1) is 23.7. The molecule has 0 saturated heterocycles. The van der Waals surface area contributed by atoms with E-state index in [0.717, 1.165) is 22.9 Å². The summed E-state index contributed by atoms with van der Waals surface area (Å²) in [6.07, 6.45) is 4.61. The van der Waals surface area contributed by atoms with Crippen molar-refractivity contribution in [2.75, 3.05) is 11.9 Å². The van der Waals surface area contributed by atoms with Gasteiger partial charge in [-0.15, -0.1) is 0 Å². The summed E-state index contributed by atoms with van der Waals surface area (Å²) in [6, 6.07) is 9.39. The quantitative estimate of drug-likeness (QED) is 0.229. The molecule has 4 heterocycles. The normalized spacial score (nSPS) is 11.0. The Bertz CT molecular complexity index is 1660. The van der Waals surface area contributed by atoms with Gasteiger partial charge in [-0.1, -0.05) is 0 Å². The molecule has 0 spiro atoms. The molecule has 4 aromatic heterocycles. The summed E-state index contributed by atoms with van der Waals surface area (Å²) < 4.78 is 35.7. The summed E-state index contributed by atoms with van der Waals surface area (Å²) in [5.74, 6) is -0.369. The van der Waals surface area contributed by atoms with Crippen molar-refractivity contribution in [1.82, 2.24) is 34.5 Å². The van der Waals surface area contributed by atoms with E-state index in [4.69, 9.17) is 15.6 Å². The third-order valence-corrected chi connectivity index (χ3v) is 5.42. The predicted octanol–water partition coefficient (Wildman–Crippen LogP) is 2.90. The summed E-state index contributed by atoms with van der Waals surface area (Å²) in [7, 11) is 1.77. The Labute approximate surface area is 208 Å². The Morgan fingerprint density at radius 2 is 1.86 bits per heavy atom. The highest BCUT2D eigenvalue weighted by Gasteiger charge is 2.11. The van der Waals surface area contributed by atoms with Crippen LogP contribution in [-0.2, 0) is 13.7 Å². The Morgan fingerprint density at radius 3 is 2.62 bits per heavy atom. The maximum Gasteiger partial charge on any atom is 0.164 e. The summed E-state index contributed by atoms with van der Waals surface area (Å²) in [5.41, 5.74) is 2.13. The lowest BCUT2D eigenvalue weighted by Crippen LogP contribution is -2.33. The number of halogens is 2. The Balaban J connectivity index is 1.32. The first-order valence-electron chi connectivity index (χ1n) is 11.0. The highest BCUT2D eigenvalue weighted by atomic mass is 19.1. The van der Waals surface area contributed by atoms with E-state index in [0.29, 0.717) is 28.3 Å². The molecular formula is C24H20F2N10O. The van der Waals surface area contributed by atoms with Crippen LogP contribution in [0.3, 0.4) is 0 Å². The number of nitrogens with zero attached hydrogens (tertiary/aromatic N) is 7. The van der Waals surface area contributed by atoms with Gasteiger partial charge in [0.1, 0.15) is 47.2 Å². The van der Waals surface area contributed by atoms with E-state index in [1.54, 1.807) is 36.3 Å². The van der Waals surface area contributed by atoms with Crippen LogP contribution in [0.4, 0.5) is 14.5 Å². The highest BCUT2D eigenvalue weighted by Crippen LogP contribution is 2.23. The Hall–Kier alpha value is -5.07. The van der Waals surface area contributed by atoms with Crippen LogP contribution in [0.1, 0.15) is 5.82 Å². The number of ether oxygens (including phenoxy) is 1. The molecule has 5 rings (SSSR count). The van der Waals surface area contributed by atoms with E-state index in [1.165, 1.54) is 18.5 Å². The van der Waals surface area contributed by atoms with Crippen LogP contribution in [0.25, 0.3) is 22.3 Å². The second-order valence-corrected chi connectivity index (χ2v) is 7.96. The fourth-order valence-corrected chi connectivity index (χ4v) is 3.57. The molecule has 0 aliphatic heterocycles. The molecule has 0 unspecified atom stereocenters. The average molecular weight is 502 g/mol. The highest BCUT2D eigenvalue weighted by molar-refractivity contribution is 5.91. The molecule has 0 radical (unpaired) electrons. The van der Waals surface area contributed by atoms with E-state index in [1.807, 2.05) is 0 Å². The van der Waals surface area contributed by atoms with Gasteiger partial charge in [0.15, 0.2) is 5.82 Å². The number of anilines is 1. The van der Waals surface area contributed by atoms with Gasteiger partial charge in [-0.05, 0) is 30.3 Å². The van der Waals surface area contributed by atoms with Crippen LogP contribution in [0.2, 0.25) is 0 Å². The number of hydrogen-bond acceptors (Lipinski definition) is 9. The summed E-state index contributed by atoms with van der Waals surface area (Å²) in [5, 5.41) is 27.9. The fraction of sp³-hybridized carbons (Fsp3) is 0.125. The maximum atomic E-state index is 13.6. The van der Waals surface area contributed by atoms with Crippen LogP contribution in [-0.4, -0.2) is 46.9 Å². The van der Waals surface area contributed by atoms with E-state index in [-0.39, 0.29) is 35.7 Å². The lowest BCUT2D eigenvalue weighted by molar-refractivity contribution is 0.289. The van der Waals surface area contributed by atoms with E-state index in [9.17, 15) is 8.78 Å². The van der Waals surface area contributed by atoms with Gasteiger partial charge in [-0.25, -0.2) is 18.7 Å². The monoisotopic (exact) mass is 502 g/mol. The first-order chi connectivity index (χ1) is 17.9. The molecule has 5 aromatic rings. The molecule has 0 saturated carbocycles. The molecule has 37 heavy (non-hydrogen) atoms. The smallest absolute Gasteiger partial charge is 0.164 e. The molecule has 186 valence electrons. The number of rotatable bonds is 7. The zero-order valence-corrected chi connectivity index (χ0v) is 19.5. The second kappa shape index (κ2) is 9.89. The van der Waals surface area contributed by atoms with Gasteiger partial charge in [0.2, 0.25) is 0 Å². The van der Waals surface area contributed by atoms with E-state index < -0.39 is 11.6 Å². The Morgan fingerprint density at radius 1 is 1.05 bits per heavy atom. The molecule has 0 fully saturated rings. The molecule has 0 amide bonds.